The Hall–Kier alpha value is -2.85. The van der Waals surface area contributed by atoms with E-state index in [-0.39, 0.29) is 28.7 Å². The maximum atomic E-state index is 14.9. The van der Waals surface area contributed by atoms with Gasteiger partial charge in [0.05, 0.1) is 24.0 Å². The van der Waals surface area contributed by atoms with Gasteiger partial charge in [0.1, 0.15) is 16.9 Å². The Labute approximate surface area is 193 Å². The van der Waals surface area contributed by atoms with Gasteiger partial charge in [0.15, 0.2) is 11.6 Å². The smallest absolute Gasteiger partial charge is 0.185 e. The maximum absolute atomic E-state index is 14.9. The lowest BCUT2D eigenvalue weighted by molar-refractivity contribution is 0.176. The number of halogens is 1. The van der Waals surface area contributed by atoms with Crippen molar-refractivity contribution in [2.75, 3.05) is 18.1 Å². The molecule has 2 fully saturated rings. The van der Waals surface area contributed by atoms with E-state index in [0.717, 1.165) is 12.8 Å². The van der Waals surface area contributed by atoms with Gasteiger partial charge in [-0.15, -0.1) is 27.1 Å². The standard InChI is InChI=1S/C22H24FN7OS/c1-30(17-9-14-4-6-16(26-14)21(17)23)19-11-24-22(29-27-19)15-5-3-12(7-18(15)31)13-8-20(32-2)28-25-10-13/h3,5,7-8,10-11,14,16-17,21,26,31H,4,6,9H2,1-2H3/t14-,16-,17-,21+/m0/s1/i2D3. The van der Waals surface area contributed by atoms with Crippen LogP contribution in [-0.2, 0) is 0 Å². The van der Waals surface area contributed by atoms with E-state index in [0.29, 0.717) is 46.7 Å². The van der Waals surface area contributed by atoms with E-state index in [9.17, 15) is 9.50 Å². The van der Waals surface area contributed by atoms with Gasteiger partial charge in [0, 0.05) is 28.8 Å². The van der Waals surface area contributed by atoms with E-state index in [4.69, 9.17) is 4.11 Å². The zero-order valence-electron chi connectivity index (χ0n) is 20.3. The summed E-state index contributed by atoms with van der Waals surface area (Å²) in [7, 11) is 1.81. The minimum Gasteiger partial charge on any atom is -0.507 e. The summed E-state index contributed by atoms with van der Waals surface area (Å²) in [6.07, 6.45) is 2.35. The predicted octanol–water partition coefficient (Wildman–Crippen LogP) is 3.09. The van der Waals surface area contributed by atoms with E-state index in [1.165, 1.54) is 18.5 Å². The van der Waals surface area contributed by atoms with Gasteiger partial charge in [-0.2, -0.15) is 5.10 Å². The first kappa shape index (κ1) is 17.7. The molecule has 0 aliphatic carbocycles. The zero-order chi connectivity index (χ0) is 24.7. The topological polar surface area (TPSA) is 100.0 Å². The molecular formula is C22H24FN7OS. The first-order valence-electron chi connectivity index (χ1n) is 11.9. The van der Waals surface area contributed by atoms with E-state index in [2.05, 4.69) is 30.7 Å². The zero-order valence-corrected chi connectivity index (χ0v) is 18.1. The molecule has 8 nitrogen and oxygen atoms in total. The number of aromatic hydroxyl groups is 1. The number of benzene rings is 1. The first-order chi connectivity index (χ1) is 16.7. The van der Waals surface area contributed by atoms with Crippen molar-refractivity contribution in [1.29, 1.82) is 0 Å². The highest BCUT2D eigenvalue weighted by Crippen LogP contribution is 2.34. The summed E-state index contributed by atoms with van der Waals surface area (Å²) in [6, 6.07) is 6.46. The lowest BCUT2D eigenvalue weighted by Crippen LogP contribution is -2.55. The van der Waals surface area contributed by atoms with Gasteiger partial charge in [0.2, 0.25) is 0 Å². The molecule has 2 aromatic heterocycles. The van der Waals surface area contributed by atoms with Crippen LogP contribution >= 0.6 is 11.8 Å². The molecule has 0 spiro atoms. The molecule has 2 N–H and O–H groups in total. The molecule has 0 saturated carbocycles. The summed E-state index contributed by atoms with van der Waals surface area (Å²) in [4.78, 5) is 6.16. The third kappa shape index (κ3) is 3.88. The number of rotatable bonds is 5. The molecule has 2 aliphatic rings. The summed E-state index contributed by atoms with van der Waals surface area (Å²) < 4.78 is 37.0. The molecule has 2 saturated heterocycles. The number of anilines is 1. The lowest BCUT2D eigenvalue weighted by Gasteiger charge is -2.38. The Kier molecular flexibility index (Phi) is 4.74. The minimum atomic E-state index is -2.23. The second-order valence-corrected chi connectivity index (χ2v) is 8.78. The van der Waals surface area contributed by atoms with Crippen molar-refractivity contribution in [3.05, 3.63) is 36.7 Å². The summed E-state index contributed by atoms with van der Waals surface area (Å²) in [5, 5.41) is 30.3. The highest BCUT2D eigenvalue weighted by atomic mass is 32.2. The van der Waals surface area contributed by atoms with Crippen LogP contribution < -0.4 is 10.2 Å². The number of hydrogen-bond acceptors (Lipinski definition) is 9. The molecular weight excluding hydrogens is 429 g/mol. The highest BCUT2D eigenvalue weighted by Gasteiger charge is 2.43. The van der Waals surface area contributed by atoms with Gasteiger partial charge >= 0.3 is 0 Å². The molecule has 2 bridgehead atoms. The van der Waals surface area contributed by atoms with Crippen molar-refractivity contribution in [3.8, 4) is 28.3 Å². The third-order valence-electron chi connectivity index (χ3n) is 6.27. The summed E-state index contributed by atoms with van der Waals surface area (Å²) in [5.41, 5.74) is 1.63. The van der Waals surface area contributed by atoms with Crippen LogP contribution in [0.3, 0.4) is 0 Å². The lowest BCUT2D eigenvalue weighted by atomic mass is 9.96. The molecule has 3 aromatic rings. The van der Waals surface area contributed by atoms with Gasteiger partial charge in [-0.25, -0.2) is 9.37 Å². The van der Waals surface area contributed by atoms with Crippen molar-refractivity contribution < 1.29 is 13.6 Å². The van der Waals surface area contributed by atoms with E-state index in [1.54, 1.807) is 30.1 Å². The number of aromatic nitrogens is 5. The number of hydrogen-bond donors (Lipinski definition) is 2. The normalized spacial score (nSPS) is 26.2. The average Bonchev–Trinajstić information content (AvgIpc) is 3.23. The number of piperidine rings is 1. The fourth-order valence-electron chi connectivity index (χ4n) is 4.53. The van der Waals surface area contributed by atoms with Crippen molar-refractivity contribution in [3.63, 3.8) is 0 Å². The molecule has 0 unspecified atom stereocenters. The van der Waals surface area contributed by atoms with Gasteiger partial charge in [0.25, 0.3) is 0 Å². The first-order valence-corrected chi connectivity index (χ1v) is 11.2. The van der Waals surface area contributed by atoms with Crippen LogP contribution in [0.15, 0.2) is 41.7 Å². The number of phenolic OH excluding ortho intramolecular Hbond substituents is 1. The summed E-state index contributed by atoms with van der Waals surface area (Å²) >= 11 is 0.636. The Morgan fingerprint density at radius 3 is 2.88 bits per heavy atom. The quantitative estimate of drug-likeness (QED) is 0.561. The molecule has 166 valence electrons. The van der Waals surface area contributed by atoms with Gasteiger partial charge in [-0.05, 0) is 49.2 Å². The van der Waals surface area contributed by atoms with Crippen molar-refractivity contribution in [1.82, 2.24) is 30.7 Å². The number of alkyl halides is 1. The number of thioether (sulfide) groups is 1. The molecule has 10 heteroatoms. The van der Waals surface area contributed by atoms with Crippen LogP contribution in [0, 0.1) is 0 Å². The van der Waals surface area contributed by atoms with Crippen LogP contribution in [-0.4, -0.2) is 68.0 Å². The summed E-state index contributed by atoms with van der Waals surface area (Å²) in [5.74, 6) is 0.645. The van der Waals surface area contributed by atoms with Crippen molar-refractivity contribution >= 4 is 17.6 Å². The molecule has 1 aromatic carbocycles. The number of phenols is 1. The maximum Gasteiger partial charge on any atom is 0.185 e. The van der Waals surface area contributed by atoms with E-state index < -0.39 is 12.4 Å². The highest BCUT2D eigenvalue weighted by molar-refractivity contribution is 7.98. The van der Waals surface area contributed by atoms with Crippen LogP contribution in [0.5, 0.6) is 5.75 Å². The summed E-state index contributed by atoms with van der Waals surface area (Å²) in [6.45, 7) is 0. The third-order valence-corrected chi connectivity index (χ3v) is 6.68. The number of nitrogens with zero attached hydrogens (tertiary/aromatic N) is 6. The Bertz CT molecular complexity index is 1220. The SMILES string of the molecule is [2H]C([2H])([2H])Sc1cc(-c2ccc(-c3ncc(N(C)[C@H]4C[C@@H]5CC[C@H](N5)[C@H]4F)nn3)c(O)c2)cnn1. The monoisotopic (exact) mass is 456 g/mol. The number of fused-ring (bicyclic) bond motifs is 2. The molecule has 32 heavy (non-hydrogen) atoms. The van der Waals surface area contributed by atoms with Crippen LogP contribution in [0.2, 0.25) is 0 Å². The molecule has 5 rings (SSSR count). The second-order valence-electron chi connectivity index (χ2n) is 8.16. The fraction of sp³-hybridized carbons (Fsp3) is 0.409. The predicted molar refractivity (Wildman–Crippen MR) is 121 cm³/mol. The largest absolute Gasteiger partial charge is 0.507 e. The van der Waals surface area contributed by atoms with Crippen LogP contribution in [0.4, 0.5) is 10.2 Å². The second kappa shape index (κ2) is 8.59. The molecule has 0 amide bonds. The number of nitrogens with one attached hydrogen (secondary N) is 1. The van der Waals surface area contributed by atoms with E-state index >= 15 is 0 Å². The van der Waals surface area contributed by atoms with Gasteiger partial charge < -0.3 is 15.3 Å². The molecule has 0 radical (unpaired) electrons. The molecule has 2 aliphatic heterocycles. The fourth-order valence-corrected chi connectivity index (χ4v) is 4.80. The Morgan fingerprint density at radius 2 is 2.09 bits per heavy atom. The average molecular weight is 457 g/mol. The van der Waals surface area contributed by atoms with Gasteiger partial charge in [-0.3, -0.25) is 0 Å². The van der Waals surface area contributed by atoms with Gasteiger partial charge in [-0.1, -0.05) is 6.07 Å². The molecule has 4 atom stereocenters. The van der Waals surface area contributed by atoms with E-state index in [1.807, 2.05) is 0 Å². The Balaban J connectivity index is 1.33. The van der Waals surface area contributed by atoms with Crippen molar-refractivity contribution in [2.24, 2.45) is 0 Å². The van der Waals surface area contributed by atoms with Crippen LogP contribution in [0.1, 0.15) is 23.4 Å². The molecule has 4 heterocycles. The van der Waals surface area contributed by atoms with Crippen LogP contribution in [0.25, 0.3) is 22.5 Å². The minimum absolute atomic E-state index is 0.0639. The Morgan fingerprint density at radius 1 is 1.19 bits per heavy atom. The van der Waals surface area contributed by atoms with Crippen molar-refractivity contribution in [2.45, 2.75) is 48.6 Å².